The summed E-state index contributed by atoms with van der Waals surface area (Å²) < 4.78 is 55.3. The topological polar surface area (TPSA) is 64.3 Å². The minimum absolute atomic E-state index is 0.200. The SMILES string of the molecule is CC1(C)C2OCCC2C1(N)C(=O)NCC(F)(F)C(F)F. The molecule has 1 aliphatic carbocycles. The van der Waals surface area contributed by atoms with Gasteiger partial charge in [0.25, 0.3) is 0 Å². The molecule has 4 nitrogen and oxygen atoms in total. The molecule has 3 atom stereocenters. The highest BCUT2D eigenvalue weighted by atomic mass is 19.3. The summed E-state index contributed by atoms with van der Waals surface area (Å²) in [7, 11) is 0. The summed E-state index contributed by atoms with van der Waals surface area (Å²) in [5, 5.41) is 1.87. The Kier molecular flexibility index (Phi) is 3.53. The number of nitrogens with two attached hydrogens (primary N) is 1. The Balaban J connectivity index is 2.06. The van der Waals surface area contributed by atoms with Crippen LogP contribution in [0.3, 0.4) is 0 Å². The van der Waals surface area contributed by atoms with Crippen LogP contribution < -0.4 is 11.1 Å². The van der Waals surface area contributed by atoms with E-state index < -0.39 is 35.8 Å². The van der Waals surface area contributed by atoms with Gasteiger partial charge in [0, 0.05) is 17.9 Å². The van der Waals surface area contributed by atoms with Crippen molar-refractivity contribution in [3.05, 3.63) is 0 Å². The van der Waals surface area contributed by atoms with Crippen molar-refractivity contribution in [2.24, 2.45) is 17.1 Å². The number of ether oxygens (including phenoxy) is 1. The van der Waals surface area contributed by atoms with Gasteiger partial charge in [-0.1, -0.05) is 13.8 Å². The summed E-state index contributed by atoms with van der Waals surface area (Å²) in [6, 6.07) is 0. The third-order valence-electron chi connectivity index (χ3n) is 4.63. The van der Waals surface area contributed by atoms with Gasteiger partial charge in [0.05, 0.1) is 12.6 Å². The first-order valence-electron chi connectivity index (χ1n) is 6.40. The van der Waals surface area contributed by atoms with Crippen molar-refractivity contribution in [3.63, 3.8) is 0 Å². The molecule has 0 spiro atoms. The fourth-order valence-electron chi connectivity index (χ4n) is 3.27. The lowest BCUT2D eigenvalue weighted by Gasteiger charge is -2.60. The van der Waals surface area contributed by atoms with Crippen LogP contribution in [-0.2, 0) is 9.53 Å². The minimum atomic E-state index is -4.26. The van der Waals surface area contributed by atoms with Crippen LogP contribution in [0.2, 0.25) is 0 Å². The lowest BCUT2D eigenvalue weighted by atomic mass is 9.48. The van der Waals surface area contributed by atoms with Crippen molar-refractivity contribution < 1.29 is 27.1 Å². The number of carbonyl (C=O) groups is 1. The normalized spacial score (nSPS) is 35.6. The molecule has 1 aliphatic heterocycles. The molecule has 1 heterocycles. The summed E-state index contributed by atoms with van der Waals surface area (Å²) in [6.45, 7) is 2.46. The molecule has 2 rings (SSSR count). The molecule has 0 bridgehead atoms. The monoisotopic (exact) mass is 298 g/mol. The Morgan fingerprint density at radius 2 is 2.10 bits per heavy atom. The quantitative estimate of drug-likeness (QED) is 0.765. The van der Waals surface area contributed by atoms with Gasteiger partial charge >= 0.3 is 12.3 Å². The smallest absolute Gasteiger partial charge is 0.324 e. The Morgan fingerprint density at radius 3 is 2.65 bits per heavy atom. The van der Waals surface area contributed by atoms with E-state index in [0.717, 1.165) is 0 Å². The van der Waals surface area contributed by atoms with Crippen LogP contribution in [-0.4, -0.2) is 43.0 Å². The summed E-state index contributed by atoms with van der Waals surface area (Å²) in [6.07, 6.45) is -3.47. The van der Waals surface area contributed by atoms with Crippen LogP contribution in [0.5, 0.6) is 0 Å². The Morgan fingerprint density at radius 1 is 1.50 bits per heavy atom. The molecule has 1 amide bonds. The molecule has 20 heavy (non-hydrogen) atoms. The van der Waals surface area contributed by atoms with Crippen LogP contribution in [0.15, 0.2) is 0 Å². The average molecular weight is 298 g/mol. The number of hydrogen-bond acceptors (Lipinski definition) is 3. The predicted octanol–water partition coefficient (Wildman–Crippen LogP) is 1.15. The molecule has 1 saturated heterocycles. The lowest BCUT2D eigenvalue weighted by molar-refractivity contribution is -0.178. The Labute approximate surface area is 114 Å². The predicted molar refractivity (Wildman–Crippen MR) is 62.5 cm³/mol. The summed E-state index contributed by atoms with van der Waals surface area (Å²) in [5.41, 5.74) is 4.00. The third kappa shape index (κ3) is 1.92. The van der Waals surface area contributed by atoms with E-state index in [1.54, 1.807) is 13.8 Å². The van der Waals surface area contributed by atoms with Crippen molar-refractivity contribution in [1.29, 1.82) is 0 Å². The number of rotatable bonds is 4. The maximum atomic E-state index is 12.8. The molecule has 3 unspecified atom stereocenters. The highest BCUT2D eigenvalue weighted by molar-refractivity contribution is 5.89. The van der Waals surface area contributed by atoms with Gasteiger partial charge in [0.1, 0.15) is 5.54 Å². The van der Waals surface area contributed by atoms with Crippen LogP contribution in [0, 0.1) is 11.3 Å². The van der Waals surface area contributed by atoms with E-state index in [-0.39, 0.29) is 12.0 Å². The molecule has 2 aliphatic rings. The van der Waals surface area contributed by atoms with Gasteiger partial charge in [0.15, 0.2) is 0 Å². The fourth-order valence-corrected chi connectivity index (χ4v) is 3.27. The highest BCUT2D eigenvalue weighted by Gasteiger charge is 2.71. The maximum Gasteiger partial charge on any atom is 0.324 e. The first-order chi connectivity index (χ1) is 9.05. The molecule has 0 radical (unpaired) electrons. The number of fused-ring (bicyclic) bond motifs is 1. The highest BCUT2D eigenvalue weighted by Crippen LogP contribution is 2.58. The molecule has 0 aromatic rings. The number of halogens is 4. The van der Waals surface area contributed by atoms with Crippen LogP contribution in [0.25, 0.3) is 0 Å². The molecule has 0 aromatic carbocycles. The lowest BCUT2D eigenvalue weighted by Crippen LogP contribution is -2.80. The second-order valence-corrected chi connectivity index (χ2v) is 6.02. The summed E-state index contributed by atoms with van der Waals surface area (Å²) in [5.74, 6) is -5.35. The van der Waals surface area contributed by atoms with E-state index in [1.807, 2.05) is 5.32 Å². The van der Waals surface area contributed by atoms with Crippen molar-refractivity contribution in [3.8, 4) is 0 Å². The molecule has 116 valence electrons. The van der Waals surface area contributed by atoms with Crippen molar-refractivity contribution >= 4 is 5.91 Å². The number of nitrogens with one attached hydrogen (secondary N) is 1. The summed E-state index contributed by atoms with van der Waals surface area (Å²) in [4.78, 5) is 12.1. The van der Waals surface area contributed by atoms with E-state index in [1.165, 1.54) is 0 Å². The molecule has 2 fully saturated rings. The van der Waals surface area contributed by atoms with Crippen molar-refractivity contribution in [2.45, 2.75) is 44.3 Å². The zero-order valence-corrected chi connectivity index (χ0v) is 11.3. The first kappa shape index (κ1) is 15.5. The molecular weight excluding hydrogens is 280 g/mol. The average Bonchev–Trinajstić information content (AvgIpc) is 2.82. The maximum absolute atomic E-state index is 12.8. The third-order valence-corrected chi connectivity index (χ3v) is 4.63. The fraction of sp³-hybridized carbons (Fsp3) is 0.917. The van der Waals surface area contributed by atoms with Gasteiger partial charge in [-0.2, -0.15) is 8.78 Å². The summed E-state index contributed by atoms with van der Waals surface area (Å²) >= 11 is 0. The number of hydrogen-bond donors (Lipinski definition) is 2. The molecule has 3 N–H and O–H groups in total. The van der Waals surface area contributed by atoms with Gasteiger partial charge < -0.3 is 15.8 Å². The van der Waals surface area contributed by atoms with E-state index in [9.17, 15) is 22.4 Å². The van der Waals surface area contributed by atoms with Gasteiger partial charge in [0.2, 0.25) is 5.91 Å². The van der Waals surface area contributed by atoms with E-state index >= 15 is 0 Å². The minimum Gasteiger partial charge on any atom is -0.377 e. The van der Waals surface area contributed by atoms with Crippen molar-refractivity contribution in [1.82, 2.24) is 5.32 Å². The Bertz CT molecular complexity index is 416. The van der Waals surface area contributed by atoms with E-state index in [4.69, 9.17) is 10.5 Å². The molecule has 1 saturated carbocycles. The standard InChI is InChI=1S/C12H18F4N2O2/c1-10(2)7-6(3-4-20-7)12(10,17)9(19)18-5-11(15,16)8(13)14/h6-8H,3-5,17H2,1-2H3,(H,18,19). The molecule has 0 aromatic heterocycles. The number of amides is 1. The second-order valence-electron chi connectivity index (χ2n) is 6.02. The van der Waals surface area contributed by atoms with E-state index in [2.05, 4.69) is 0 Å². The van der Waals surface area contributed by atoms with Crippen LogP contribution >= 0.6 is 0 Å². The zero-order valence-electron chi connectivity index (χ0n) is 11.3. The van der Waals surface area contributed by atoms with Gasteiger partial charge in [-0.15, -0.1) is 0 Å². The van der Waals surface area contributed by atoms with Crippen molar-refractivity contribution in [2.75, 3.05) is 13.2 Å². The largest absolute Gasteiger partial charge is 0.377 e. The van der Waals surface area contributed by atoms with Gasteiger partial charge in [-0.3, -0.25) is 4.79 Å². The molecular formula is C12H18F4N2O2. The zero-order chi connectivity index (χ0) is 15.3. The molecule has 8 heteroatoms. The first-order valence-corrected chi connectivity index (χ1v) is 6.40. The second kappa shape index (κ2) is 4.56. The van der Waals surface area contributed by atoms with Crippen LogP contribution in [0.4, 0.5) is 17.6 Å². The van der Waals surface area contributed by atoms with Gasteiger partial charge in [-0.25, -0.2) is 8.78 Å². The number of carbonyl (C=O) groups excluding carboxylic acids is 1. The Hall–Kier alpha value is -0.890. The number of alkyl halides is 4. The van der Waals surface area contributed by atoms with E-state index in [0.29, 0.717) is 13.0 Å². The van der Waals surface area contributed by atoms with Gasteiger partial charge in [-0.05, 0) is 6.42 Å². The van der Waals surface area contributed by atoms with Crippen LogP contribution in [0.1, 0.15) is 20.3 Å².